The first-order valence-electron chi connectivity index (χ1n) is 6.74. The van der Waals surface area contributed by atoms with Gasteiger partial charge in [0.25, 0.3) is 0 Å². The summed E-state index contributed by atoms with van der Waals surface area (Å²) in [6.07, 6.45) is -0.243. The molecule has 0 heterocycles. The Hall–Kier alpha value is -2.00. The highest BCUT2D eigenvalue weighted by Crippen LogP contribution is 2.31. The molecule has 2 unspecified atom stereocenters. The standard InChI is InChI=1S/C17H21NO2/c1-12-8-4-6-10-15(12)20-17(13(2)18)14-9-5-7-11-16(14)19-3/h4-11,13,17H,18H2,1-3H3. The minimum atomic E-state index is -0.243. The predicted molar refractivity (Wildman–Crippen MR) is 81.2 cm³/mol. The first-order chi connectivity index (χ1) is 9.63. The van der Waals surface area contributed by atoms with E-state index in [9.17, 15) is 0 Å². The van der Waals surface area contributed by atoms with E-state index < -0.39 is 0 Å². The summed E-state index contributed by atoms with van der Waals surface area (Å²) in [4.78, 5) is 0. The molecule has 106 valence electrons. The molecule has 0 amide bonds. The lowest BCUT2D eigenvalue weighted by Crippen LogP contribution is -2.29. The molecule has 0 aliphatic rings. The first-order valence-corrected chi connectivity index (χ1v) is 6.74. The Labute approximate surface area is 120 Å². The number of benzene rings is 2. The third-order valence-corrected chi connectivity index (χ3v) is 3.27. The minimum Gasteiger partial charge on any atom is -0.496 e. The summed E-state index contributed by atoms with van der Waals surface area (Å²) in [6.45, 7) is 3.96. The van der Waals surface area contributed by atoms with Gasteiger partial charge in [-0.05, 0) is 31.5 Å². The lowest BCUT2D eigenvalue weighted by atomic mass is 10.0. The lowest BCUT2D eigenvalue weighted by molar-refractivity contribution is 0.175. The van der Waals surface area contributed by atoms with Crippen molar-refractivity contribution in [2.45, 2.75) is 26.0 Å². The van der Waals surface area contributed by atoms with Gasteiger partial charge in [0.05, 0.1) is 7.11 Å². The van der Waals surface area contributed by atoms with Gasteiger partial charge in [-0.2, -0.15) is 0 Å². The summed E-state index contributed by atoms with van der Waals surface area (Å²) in [5, 5.41) is 0. The summed E-state index contributed by atoms with van der Waals surface area (Å²) in [5.74, 6) is 1.64. The Kier molecular flexibility index (Phi) is 4.64. The number of aryl methyl sites for hydroxylation is 1. The first kappa shape index (κ1) is 14.4. The maximum atomic E-state index is 6.13. The van der Waals surface area contributed by atoms with E-state index in [4.69, 9.17) is 15.2 Å². The van der Waals surface area contributed by atoms with Gasteiger partial charge in [-0.1, -0.05) is 36.4 Å². The molecule has 3 nitrogen and oxygen atoms in total. The fourth-order valence-corrected chi connectivity index (χ4v) is 2.18. The van der Waals surface area contributed by atoms with Crippen molar-refractivity contribution in [1.82, 2.24) is 0 Å². The van der Waals surface area contributed by atoms with Gasteiger partial charge >= 0.3 is 0 Å². The van der Waals surface area contributed by atoms with E-state index in [-0.39, 0.29) is 12.1 Å². The largest absolute Gasteiger partial charge is 0.496 e. The maximum Gasteiger partial charge on any atom is 0.142 e. The van der Waals surface area contributed by atoms with Gasteiger partial charge in [-0.3, -0.25) is 0 Å². The van der Waals surface area contributed by atoms with Crippen molar-refractivity contribution in [3.05, 3.63) is 59.7 Å². The smallest absolute Gasteiger partial charge is 0.142 e. The number of hydrogen-bond acceptors (Lipinski definition) is 3. The summed E-state index contributed by atoms with van der Waals surface area (Å²) in [7, 11) is 1.66. The maximum absolute atomic E-state index is 6.13. The van der Waals surface area contributed by atoms with Crippen molar-refractivity contribution in [2.75, 3.05) is 7.11 Å². The monoisotopic (exact) mass is 271 g/mol. The fraction of sp³-hybridized carbons (Fsp3) is 0.294. The average molecular weight is 271 g/mol. The van der Waals surface area contributed by atoms with E-state index in [1.54, 1.807) is 7.11 Å². The number of methoxy groups -OCH3 is 1. The van der Waals surface area contributed by atoms with E-state index in [2.05, 4.69) is 0 Å². The van der Waals surface area contributed by atoms with Crippen LogP contribution in [0.3, 0.4) is 0 Å². The molecular weight excluding hydrogens is 250 g/mol. The SMILES string of the molecule is COc1ccccc1C(Oc1ccccc1C)C(C)N. The van der Waals surface area contributed by atoms with Crippen molar-refractivity contribution in [3.63, 3.8) is 0 Å². The van der Waals surface area contributed by atoms with Crippen molar-refractivity contribution in [2.24, 2.45) is 5.73 Å². The molecule has 0 bridgehead atoms. The molecule has 2 atom stereocenters. The van der Waals surface area contributed by atoms with Gasteiger partial charge in [0.2, 0.25) is 0 Å². The van der Waals surface area contributed by atoms with E-state index in [1.807, 2.05) is 62.4 Å². The zero-order valence-electron chi connectivity index (χ0n) is 12.2. The quantitative estimate of drug-likeness (QED) is 0.905. The second-order valence-electron chi connectivity index (χ2n) is 4.91. The van der Waals surface area contributed by atoms with Crippen LogP contribution in [0, 0.1) is 6.92 Å². The van der Waals surface area contributed by atoms with Crippen LogP contribution in [0.15, 0.2) is 48.5 Å². The van der Waals surface area contributed by atoms with Crippen molar-refractivity contribution in [3.8, 4) is 11.5 Å². The van der Waals surface area contributed by atoms with E-state index in [0.29, 0.717) is 0 Å². The van der Waals surface area contributed by atoms with Crippen LogP contribution in [0.1, 0.15) is 24.2 Å². The molecule has 0 aromatic heterocycles. The highest BCUT2D eigenvalue weighted by molar-refractivity contribution is 5.38. The zero-order chi connectivity index (χ0) is 14.5. The van der Waals surface area contributed by atoms with Crippen molar-refractivity contribution >= 4 is 0 Å². The Morgan fingerprint density at radius 3 is 2.15 bits per heavy atom. The van der Waals surface area contributed by atoms with E-state index in [1.165, 1.54) is 0 Å². The Balaban J connectivity index is 2.35. The molecule has 2 N–H and O–H groups in total. The molecule has 0 saturated heterocycles. The van der Waals surface area contributed by atoms with Crippen molar-refractivity contribution in [1.29, 1.82) is 0 Å². The molecule has 0 fully saturated rings. The average Bonchev–Trinajstić information content (AvgIpc) is 2.46. The molecule has 20 heavy (non-hydrogen) atoms. The molecule has 0 saturated carbocycles. The summed E-state index contributed by atoms with van der Waals surface area (Å²) < 4.78 is 11.5. The van der Waals surface area contributed by atoms with Gasteiger partial charge in [0.1, 0.15) is 17.6 Å². The normalized spacial score (nSPS) is 13.6. The minimum absolute atomic E-state index is 0.147. The Morgan fingerprint density at radius 1 is 0.950 bits per heavy atom. The number of hydrogen-bond donors (Lipinski definition) is 1. The highest BCUT2D eigenvalue weighted by atomic mass is 16.5. The van der Waals surface area contributed by atoms with Gasteiger partial charge < -0.3 is 15.2 Å². The number of para-hydroxylation sites is 2. The highest BCUT2D eigenvalue weighted by Gasteiger charge is 2.22. The molecule has 2 rings (SSSR count). The van der Waals surface area contributed by atoms with Crippen LogP contribution < -0.4 is 15.2 Å². The predicted octanol–water partition coefficient (Wildman–Crippen LogP) is 3.47. The van der Waals surface area contributed by atoms with Gasteiger partial charge in [-0.25, -0.2) is 0 Å². The molecule has 2 aromatic rings. The molecule has 0 radical (unpaired) electrons. The van der Waals surface area contributed by atoms with Gasteiger partial charge in [0.15, 0.2) is 0 Å². The number of ether oxygens (including phenoxy) is 2. The van der Waals surface area contributed by atoms with Crippen LogP contribution in [0.25, 0.3) is 0 Å². The molecular formula is C17H21NO2. The number of rotatable bonds is 5. The number of nitrogens with two attached hydrogens (primary N) is 1. The van der Waals surface area contributed by atoms with Crippen LogP contribution in [0.2, 0.25) is 0 Å². The van der Waals surface area contributed by atoms with E-state index >= 15 is 0 Å². The van der Waals surface area contributed by atoms with Crippen LogP contribution in [-0.4, -0.2) is 13.2 Å². The summed E-state index contributed by atoms with van der Waals surface area (Å²) in [5.41, 5.74) is 8.17. The van der Waals surface area contributed by atoms with Crippen molar-refractivity contribution < 1.29 is 9.47 Å². The van der Waals surface area contributed by atoms with Crippen LogP contribution in [-0.2, 0) is 0 Å². The van der Waals surface area contributed by atoms with Crippen LogP contribution in [0.5, 0.6) is 11.5 Å². The molecule has 0 aliphatic carbocycles. The van der Waals surface area contributed by atoms with Gasteiger partial charge in [-0.15, -0.1) is 0 Å². The van der Waals surface area contributed by atoms with Crippen LogP contribution >= 0.6 is 0 Å². The summed E-state index contributed by atoms with van der Waals surface area (Å²) in [6, 6.07) is 15.6. The van der Waals surface area contributed by atoms with Gasteiger partial charge in [0, 0.05) is 11.6 Å². The third-order valence-electron chi connectivity index (χ3n) is 3.27. The van der Waals surface area contributed by atoms with E-state index in [0.717, 1.165) is 22.6 Å². The fourth-order valence-electron chi connectivity index (χ4n) is 2.18. The second kappa shape index (κ2) is 6.44. The zero-order valence-corrected chi connectivity index (χ0v) is 12.2. The Morgan fingerprint density at radius 2 is 1.55 bits per heavy atom. The second-order valence-corrected chi connectivity index (χ2v) is 4.91. The lowest BCUT2D eigenvalue weighted by Gasteiger charge is -2.25. The topological polar surface area (TPSA) is 44.5 Å². The Bertz CT molecular complexity index is 566. The summed E-state index contributed by atoms with van der Waals surface area (Å²) >= 11 is 0. The third kappa shape index (κ3) is 3.11. The molecule has 0 aliphatic heterocycles. The molecule has 0 spiro atoms. The van der Waals surface area contributed by atoms with Crippen LogP contribution in [0.4, 0.5) is 0 Å². The molecule has 3 heteroatoms. The molecule has 2 aromatic carbocycles.